The van der Waals surface area contributed by atoms with Crippen LogP contribution in [0.2, 0.25) is 0 Å². The zero-order chi connectivity index (χ0) is 23.8. The summed E-state index contributed by atoms with van der Waals surface area (Å²) in [7, 11) is 0. The van der Waals surface area contributed by atoms with Gasteiger partial charge in [0.1, 0.15) is 11.3 Å². The summed E-state index contributed by atoms with van der Waals surface area (Å²) >= 11 is 0. The van der Waals surface area contributed by atoms with E-state index < -0.39 is 29.6 Å². The van der Waals surface area contributed by atoms with Crippen molar-refractivity contribution in [3.8, 4) is 5.75 Å². The van der Waals surface area contributed by atoms with Crippen LogP contribution < -0.4 is 14.5 Å². The molecule has 0 radical (unpaired) electrons. The molecule has 2 aromatic rings. The molecule has 176 valence electrons. The predicted octanol–water partition coefficient (Wildman–Crippen LogP) is 4.72. The smallest absolute Gasteiger partial charge is 0.406 e. The van der Waals surface area contributed by atoms with Gasteiger partial charge in [0.25, 0.3) is 5.91 Å². The summed E-state index contributed by atoms with van der Waals surface area (Å²) < 4.78 is 41.2. The van der Waals surface area contributed by atoms with Crippen molar-refractivity contribution in [3.05, 3.63) is 48.3 Å². The van der Waals surface area contributed by atoms with Crippen LogP contribution in [0.5, 0.6) is 5.75 Å². The van der Waals surface area contributed by atoms with E-state index in [4.69, 9.17) is 0 Å². The molecule has 0 atom stereocenters. The summed E-state index contributed by atoms with van der Waals surface area (Å²) in [4.78, 5) is 35.5. The molecule has 7 nitrogen and oxygen atoms in total. The first-order valence-electron chi connectivity index (χ1n) is 10.8. The van der Waals surface area contributed by atoms with Gasteiger partial charge in [0.2, 0.25) is 0 Å². The first kappa shape index (κ1) is 22.9. The fourth-order valence-corrected chi connectivity index (χ4v) is 4.26. The summed E-state index contributed by atoms with van der Waals surface area (Å²) in [5, 5.41) is 0. The molecule has 2 aliphatic rings. The highest BCUT2D eigenvalue weighted by Crippen LogP contribution is 2.36. The van der Waals surface area contributed by atoms with Crippen molar-refractivity contribution in [2.75, 3.05) is 22.9 Å². The molecular weight excluding hydrogens is 437 g/mol. The lowest BCUT2D eigenvalue weighted by Crippen LogP contribution is -2.44. The van der Waals surface area contributed by atoms with E-state index in [0.29, 0.717) is 0 Å². The number of benzene rings is 1. The molecule has 1 aromatic heterocycles. The van der Waals surface area contributed by atoms with Crippen LogP contribution in [0.4, 0.5) is 29.3 Å². The second-order valence-electron chi connectivity index (χ2n) is 8.66. The predicted molar refractivity (Wildman–Crippen MR) is 116 cm³/mol. The molecule has 2 saturated heterocycles. The number of carbonyl (C=O) groups excluding carboxylic acids is 2. The quantitative estimate of drug-likeness (QED) is 0.602. The van der Waals surface area contributed by atoms with Crippen molar-refractivity contribution < 1.29 is 27.5 Å². The van der Waals surface area contributed by atoms with Gasteiger partial charge in [-0.3, -0.25) is 9.78 Å². The summed E-state index contributed by atoms with van der Waals surface area (Å²) in [5.41, 5.74) is 0.874. The second-order valence-corrected chi connectivity index (χ2v) is 8.66. The van der Waals surface area contributed by atoms with Crippen molar-refractivity contribution in [2.24, 2.45) is 0 Å². The van der Waals surface area contributed by atoms with Crippen LogP contribution in [0, 0.1) is 0 Å². The molecule has 2 aliphatic heterocycles. The summed E-state index contributed by atoms with van der Waals surface area (Å²) in [5.74, 6) is -0.880. The third-order valence-corrected chi connectivity index (χ3v) is 6.06. The van der Waals surface area contributed by atoms with Crippen LogP contribution >= 0.6 is 0 Å². The zero-order valence-corrected chi connectivity index (χ0v) is 18.4. The Bertz CT molecular complexity index is 1030. The second kappa shape index (κ2) is 8.57. The van der Waals surface area contributed by atoms with Crippen molar-refractivity contribution in [2.45, 2.75) is 51.6 Å². The maximum absolute atomic E-state index is 13.3. The van der Waals surface area contributed by atoms with Gasteiger partial charge in [0, 0.05) is 19.3 Å². The number of piperidine rings is 1. The number of imide groups is 1. The van der Waals surface area contributed by atoms with E-state index in [9.17, 15) is 22.8 Å². The number of amides is 3. The van der Waals surface area contributed by atoms with Gasteiger partial charge in [-0.15, -0.1) is 13.2 Å². The number of hydrogen-bond donors (Lipinski definition) is 0. The molecule has 10 heteroatoms. The molecule has 0 aliphatic carbocycles. The monoisotopic (exact) mass is 462 g/mol. The number of halogens is 3. The molecule has 0 unspecified atom stereocenters. The largest absolute Gasteiger partial charge is 0.573 e. The van der Waals surface area contributed by atoms with E-state index in [-0.39, 0.29) is 12.2 Å². The Kier molecular flexibility index (Phi) is 5.94. The average Bonchev–Trinajstić information content (AvgIpc) is 2.94. The van der Waals surface area contributed by atoms with Crippen molar-refractivity contribution >= 4 is 23.3 Å². The van der Waals surface area contributed by atoms with Gasteiger partial charge in [-0.25, -0.2) is 9.69 Å². The van der Waals surface area contributed by atoms with Gasteiger partial charge >= 0.3 is 12.4 Å². The van der Waals surface area contributed by atoms with E-state index in [1.54, 1.807) is 26.2 Å². The maximum Gasteiger partial charge on any atom is 0.573 e. The van der Waals surface area contributed by atoms with E-state index >= 15 is 0 Å². The summed E-state index contributed by atoms with van der Waals surface area (Å²) in [6.45, 7) is 5.35. The Labute approximate surface area is 189 Å². The van der Waals surface area contributed by atoms with Crippen LogP contribution in [0.15, 0.2) is 42.7 Å². The number of anilines is 2. The van der Waals surface area contributed by atoms with Gasteiger partial charge in [-0.1, -0.05) is 0 Å². The van der Waals surface area contributed by atoms with E-state index in [2.05, 4.69) is 14.6 Å². The first-order valence-corrected chi connectivity index (χ1v) is 10.8. The number of ether oxygens (including phenoxy) is 1. The summed E-state index contributed by atoms with van der Waals surface area (Å²) in [6.07, 6.45) is 1.98. The highest BCUT2D eigenvalue weighted by Gasteiger charge is 2.52. The molecule has 0 bridgehead atoms. The Hall–Kier alpha value is -3.30. The molecule has 4 rings (SSSR count). The number of carbonyl (C=O) groups is 2. The van der Waals surface area contributed by atoms with Crippen molar-refractivity contribution in [3.63, 3.8) is 0 Å². The standard InChI is InChI=1S/C23H25F3N4O3/c1-22(2)20(31)30(17-6-8-18(9-7-17)33-23(24,25)26)21(32)29(22)15-16-10-11-27-14-19(16)28-12-4-3-5-13-28/h6-11,14H,3-5,12-13,15H2,1-2H3. The van der Waals surface area contributed by atoms with Gasteiger partial charge in [-0.2, -0.15) is 0 Å². The van der Waals surface area contributed by atoms with Gasteiger partial charge in [0.15, 0.2) is 0 Å². The Morgan fingerprint density at radius 1 is 1.03 bits per heavy atom. The third kappa shape index (κ3) is 4.60. The molecule has 1 aromatic carbocycles. The van der Waals surface area contributed by atoms with Crippen LogP contribution in [-0.4, -0.2) is 46.8 Å². The minimum absolute atomic E-state index is 0.182. The molecule has 3 amide bonds. The van der Waals surface area contributed by atoms with Gasteiger partial charge in [0.05, 0.1) is 24.1 Å². The molecule has 0 spiro atoms. The number of alkyl halides is 3. The number of urea groups is 1. The molecule has 0 saturated carbocycles. The molecule has 33 heavy (non-hydrogen) atoms. The fraction of sp³-hybridized carbons (Fsp3) is 0.435. The Morgan fingerprint density at radius 3 is 2.33 bits per heavy atom. The Balaban J connectivity index is 1.59. The lowest BCUT2D eigenvalue weighted by Gasteiger charge is -2.33. The van der Waals surface area contributed by atoms with Crippen LogP contribution in [0.1, 0.15) is 38.7 Å². The third-order valence-electron chi connectivity index (χ3n) is 6.06. The number of aromatic nitrogens is 1. The minimum Gasteiger partial charge on any atom is -0.406 e. The average molecular weight is 462 g/mol. The minimum atomic E-state index is -4.82. The number of hydrogen-bond acceptors (Lipinski definition) is 5. The lowest BCUT2D eigenvalue weighted by atomic mass is 10.0. The fourth-order valence-electron chi connectivity index (χ4n) is 4.26. The summed E-state index contributed by atoms with van der Waals surface area (Å²) in [6, 6.07) is 6.01. The van der Waals surface area contributed by atoms with Crippen LogP contribution in [0.3, 0.4) is 0 Å². The number of rotatable bonds is 5. The van der Waals surface area contributed by atoms with Crippen LogP contribution in [-0.2, 0) is 11.3 Å². The van der Waals surface area contributed by atoms with E-state index in [1.165, 1.54) is 23.5 Å². The highest BCUT2D eigenvalue weighted by atomic mass is 19.4. The topological polar surface area (TPSA) is 66.0 Å². The van der Waals surface area contributed by atoms with Gasteiger partial charge in [-0.05, 0) is 69.0 Å². The van der Waals surface area contributed by atoms with Crippen LogP contribution in [0.25, 0.3) is 0 Å². The van der Waals surface area contributed by atoms with E-state index in [0.717, 1.165) is 54.2 Å². The SMILES string of the molecule is CC1(C)C(=O)N(c2ccc(OC(F)(F)F)cc2)C(=O)N1Cc1ccncc1N1CCCCC1. The van der Waals surface area contributed by atoms with Gasteiger partial charge < -0.3 is 14.5 Å². The maximum atomic E-state index is 13.3. The first-order chi connectivity index (χ1) is 15.6. The number of pyridine rings is 1. The molecular formula is C23H25F3N4O3. The normalized spacial score (nSPS) is 18.8. The lowest BCUT2D eigenvalue weighted by molar-refractivity contribution is -0.274. The molecule has 0 N–H and O–H groups in total. The molecule has 3 heterocycles. The zero-order valence-electron chi connectivity index (χ0n) is 18.4. The van der Waals surface area contributed by atoms with Crippen molar-refractivity contribution in [1.82, 2.24) is 9.88 Å². The highest BCUT2D eigenvalue weighted by molar-refractivity contribution is 6.22. The van der Waals surface area contributed by atoms with Crippen molar-refractivity contribution in [1.29, 1.82) is 0 Å². The Morgan fingerprint density at radius 2 is 1.70 bits per heavy atom. The number of nitrogens with zero attached hydrogens (tertiary/aromatic N) is 4. The van der Waals surface area contributed by atoms with E-state index in [1.807, 2.05) is 6.07 Å². The molecule has 2 fully saturated rings.